The van der Waals surface area contributed by atoms with Gasteiger partial charge >= 0.3 is 0 Å². The number of amides is 1. The lowest BCUT2D eigenvalue weighted by molar-refractivity contribution is -0.122. The number of nitrogens with zero attached hydrogens (tertiary/aromatic N) is 3. The maximum atomic E-state index is 13.0. The summed E-state index contributed by atoms with van der Waals surface area (Å²) in [5.74, 6) is 1.99. The largest absolute Gasteiger partial charge is 0.465 e. The second kappa shape index (κ2) is 6.08. The smallest absolute Gasteiger partial charge is 0.245 e. The third-order valence-corrected chi connectivity index (χ3v) is 5.91. The zero-order valence-corrected chi connectivity index (χ0v) is 14.4. The monoisotopic (exact) mass is 341 g/mol. The van der Waals surface area contributed by atoms with E-state index in [1.807, 2.05) is 24.4 Å². The van der Waals surface area contributed by atoms with Gasteiger partial charge in [-0.05, 0) is 56.3 Å². The fourth-order valence-corrected chi connectivity index (χ4v) is 4.75. The second-order valence-electron chi connectivity index (χ2n) is 6.39. The van der Waals surface area contributed by atoms with Gasteiger partial charge in [-0.1, -0.05) is 0 Å². The fourth-order valence-electron chi connectivity index (χ4n) is 3.87. The Balaban J connectivity index is 1.57. The molecule has 2 saturated heterocycles. The number of hydrogen-bond acceptors (Lipinski definition) is 5. The number of carbonyl (C=O) groups excluding carboxylic acids is 1. The van der Waals surface area contributed by atoms with Gasteiger partial charge in [-0.3, -0.25) is 9.69 Å². The van der Waals surface area contributed by atoms with Crippen molar-refractivity contribution in [2.24, 2.45) is 0 Å². The molecule has 2 aromatic rings. The molecule has 2 aliphatic heterocycles. The normalized spacial score (nSPS) is 24.7. The molecule has 0 radical (unpaired) electrons. The minimum atomic E-state index is -0.114. The zero-order valence-electron chi connectivity index (χ0n) is 13.6. The van der Waals surface area contributed by atoms with Crippen molar-refractivity contribution in [3.63, 3.8) is 0 Å². The molecule has 4 rings (SSSR count). The van der Waals surface area contributed by atoms with Gasteiger partial charge in [0, 0.05) is 6.54 Å². The second-order valence-corrected chi connectivity index (χ2v) is 7.28. The third kappa shape index (κ3) is 2.45. The highest BCUT2D eigenvalue weighted by atomic mass is 32.1. The molecule has 4 heterocycles. The van der Waals surface area contributed by atoms with Crippen LogP contribution in [0.1, 0.15) is 42.4 Å². The molecule has 24 heavy (non-hydrogen) atoms. The van der Waals surface area contributed by atoms with Crippen LogP contribution in [0.25, 0.3) is 0 Å². The summed E-state index contributed by atoms with van der Waals surface area (Å²) in [6, 6.07) is 8.05. The van der Waals surface area contributed by atoms with Gasteiger partial charge < -0.3 is 9.32 Å². The molecular weight excluding hydrogens is 322 g/mol. The number of thiophene rings is 1. The van der Waals surface area contributed by atoms with Gasteiger partial charge in [-0.25, -0.2) is 0 Å². The Morgan fingerprint density at radius 3 is 2.88 bits per heavy atom. The molecule has 2 fully saturated rings. The van der Waals surface area contributed by atoms with E-state index >= 15 is 0 Å². The maximum Gasteiger partial charge on any atom is 0.245 e. The minimum Gasteiger partial charge on any atom is -0.465 e. The van der Waals surface area contributed by atoms with Crippen LogP contribution in [-0.2, 0) is 4.79 Å². The molecule has 0 bridgehead atoms. The Bertz CT molecular complexity index is 803. The van der Waals surface area contributed by atoms with Crippen LogP contribution in [0, 0.1) is 18.3 Å². The van der Waals surface area contributed by atoms with Crippen molar-refractivity contribution in [3.05, 3.63) is 40.7 Å². The number of furan rings is 1. The molecule has 5 nitrogen and oxygen atoms in total. The van der Waals surface area contributed by atoms with Crippen LogP contribution in [0.4, 0.5) is 5.00 Å². The van der Waals surface area contributed by atoms with Gasteiger partial charge in [-0.15, -0.1) is 11.3 Å². The lowest BCUT2D eigenvalue weighted by Gasteiger charge is -2.28. The first-order chi connectivity index (χ1) is 11.7. The number of likely N-dealkylation sites (tertiary alicyclic amines) is 1. The summed E-state index contributed by atoms with van der Waals surface area (Å²) in [5.41, 5.74) is 0.591. The summed E-state index contributed by atoms with van der Waals surface area (Å²) in [6.45, 7) is 3.55. The molecule has 1 amide bonds. The fraction of sp³-hybridized carbons (Fsp3) is 0.444. The first kappa shape index (κ1) is 15.4. The molecule has 0 saturated carbocycles. The molecule has 0 aliphatic carbocycles. The highest BCUT2D eigenvalue weighted by Gasteiger charge is 2.43. The predicted octanol–water partition coefficient (Wildman–Crippen LogP) is 3.46. The summed E-state index contributed by atoms with van der Waals surface area (Å²) in [7, 11) is 0. The summed E-state index contributed by atoms with van der Waals surface area (Å²) in [4.78, 5) is 17.1. The van der Waals surface area contributed by atoms with Crippen molar-refractivity contribution in [2.45, 2.75) is 38.3 Å². The average Bonchev–Trinajstić information content (AvgIpc) is 3.31. The Hall–Kier alpha value is -2.10. The number of nitriles is 1. The van der Waals surface area contributed by atoms with Crippen LogP contribution in [0.2, 0.25) is 0 Å². The molecule has 2 aromatic heterocycles. The SMILES string of the molecule is Cc1ccc(C2CCCN2C2CCN(c3sccc3C#N)C2=O)o1. The maximum absolute atomic E-state index is 13.0. The number of hydrogen-bond donors (Lipinski definition) is 0. The molecule has 6 heteroatoms. The molecule has 0 spiro atoms. The molecular formula is C18H19N3O2S. The van der Waals surface area contributed by atoms with Gasteiger partial charge in [0.05, 0.1) is 17.6 Å². The lowest BCUT2D eigenvalue weighted by Crippen LogP contribution is -2.41. The van der Waals surface area contributed by atoms with Crippen molar-refractivity contribution < 1.29 is 9.21 Å². The summed E-state index contributed by atoms with van der Waals surface area (Å²) in [5, 5.41) is 11.9. The first-order valence-electron chi connectivity index (χ1n) is 8.30. The quantitative estimate of drug-likeness (QED) is 0.858. The third-order valence-electron chi connectivity index (χ3n) is 4.97. The van der Waals surface area contributed by atoms with E-state index in [0.29, 0.717) is 12.1 Å². The van der Waals surface area contributed by atoms with Gasteiger partial charge in [0.2, 0.25) is 5.91 Å². The lowest BCUT2D eigenvalue weighted by atomic mass is 10.1. The molecule has 0 N–H and O–H groups in total. The van der Waals surface area contributed by atoms with E-state index in [4.69, 9.17) is 4.42 Å². The van der Waals surface area contributed by atoms with Crippen LogP contribution in [-0.4, -0.2) is 29.9 Å². The van der Waals surface area contributed by atoms with Crippen molar-refractivity contribution >= 4 is 22.2 Å². The van der Waals surface area contributed by atoms with E-state index in [1.165, 1.54) is 11.3 Å². The number of anilines is 1. The Morgan fingerprint density at radius 2 is 2.12 bits per heavy atom. The van der Waals surface area contributed by atoms with Crippen LogP contribution >= 0.6 is 11.3 Å². The highest BCUT2D eigenvalue weighted by Crippen LogP contribution is 2.39. The Labute approximate surface area is 145 Å². The van der Waals surface area contributed by atoms with E-state index in [0.717, 1.165) is 42.3 Å². The van der Waals surface area contributed by atoms with E-state index in [-0.39, 0.29) is 18.0 Å². The number of aryl methyl sites for hydroxylation is 1. The van der Waals surface area contributed by atoms with Gasteiger partial charge in [-0.2, -0.15) is 5.26 Å². The topological polar surface area (TPSA) is 60.5 Å². The minimum absolute atomic E-state index is 0.114. The van der Waals surface area contributed by atoms with E-state index < -0.39 is 0 Å². The Kier molecular flexibility index (Phi) is 3.91. The van der Waals surface area contributed by atoms with Crippen LogP contribution in [0.5, 0.6) is 0 Å². The zero-order chi connectivity index (χ0) is 16.7. The van der Waals surface area contributed by atoms with Crippen molar-refractivity contribution in [3.8, 4) is 6.07 Å². The van der Waals surface area contributed by atoms with Crippen LogP contribution < -0.4 is 4.90 Å². The molecule has 2 atom stereocenters. The van der Waals surface area contributed by atoms with Crippen LogP contribution in [0.3, 0.4) is 0 Å². The van der Waals surface area contributed by atoms with Crippen molar-refractivity contribution in [2.75, 3.05) is 18.0 Å². The molecule has 0 aromatic carbocycles. The first-order valence-corrected chi connectivity index (χ1v) is 9.18. The number of rotatable bonds is 3. The summed E-state index contributed by atoms with van der Waals surface area (Å²) < 4.78 is 5.82. The van der Waals surface area contributed by atoms with Gasteiger partial charge in [0.25, 0.3) is 0 Å². The van der Waals surface area contributed by atoms with Gasteiger partial charge in [0.15, 0.2) is 0 Å². The van der Waals surface area contributed by atoms with E-state index in [2.05, 4.69) is 11.0 Å². The van der Waals surface area contributed by atoms with E-state index in [1.54, 1.807) is 11.0 Å². The molecule has 2 aliphatic rings. The Morgan fingerprint density at radius 1 is 1.25 bits per heavy atom. The average molecular weight is 341 g/mol. The van der Waals surface area contributed by atoms with Crippen molar-refractivity contribution in [1.29, 1.82) is 5.26 Å². The molecule has 2 unspecified atom stereocenters. The number of carbonyl (C=O) groups is 1. The summed E-state index contributed by atoms with van der Waals surface area (Å²) >= 11 is 1.47. The predicted molar refractivity (Wildman–Crippen MR) is 91.9 cm³/mol. The standard InChI is InChI=1S/C18H19N3O2S/c1-12-4-5-16(23-12)14-3-2-8-20(14)15-6-9-21(17(15)22)18-13(11-19)7-10-24-18/h4-5,7,10,14-15H,2-3,6,8-9H2,1H3. The van der Waals surface area contributed by atoms with Crippen molar-refractivity contribution in [1.82, 2.24) is 4.90 Å². The van der Waals surface area contributed by atoms with E-state index in [9.17, 15) is 10.1 Å². The molecule has 124 valence electrons. The summed E-state index contributed by atoms with van der Waals surface area (Å²) in [6.07, 6.45) is 2.91. The van der Waals surface area contributed by atoms with Crippen LogP contribution in [0.15, 0.2) is 28.0 Å². The highest BCUT2D eigenvalue weighted by molar-refractivity contribution is 7.14. The van der Waals surface area contributed by atoms with Gasteiger partial charge in [0.1, 0.15) is 22.6 Å².